The zero-order valence-electron chi connectivity index (χ0n) is 10.4. The molecule has 0 aromatic carbocycles. The lowest BCUT2D eigenvalue weighted by Gasteiger charge is -2.02. The summed E-state index contributed by atoms with van der Waals surface area (Å²) in [4.78, 5) is 0.988. The van der Waals surface area contributed by atoms with Crippen molar-refractivity contribution >= 4 is 27.2 Å². The van der Waals surface area contributed by atoms with Gasteiger partial charge in [-0.05, 0) is 18.6 Å². The van der Waals surface area contributed by atoms with E-state index in [9.17, 15) is 8.42 Å². The number of thiophene rings is 1. The Balaban J connectivity index is 2.33. The van der Waals surface area contributed by atoms with Crippen molar-refractivity contribution in [3.05, 3.63) is 28.8 Å². The average molecular weight is 296 g/mol. The summed E-state index contributed by atoms with van der Waals surface area (Å²) in [6.45, 7) is 1.96. The van der Waals surface area contributed by atoms with E-state index in [2.05, 4.69) is 9.82 Å². The van der Waals surface area contributed by atoms with Crippen LogP contribution in [0.1, 0.15) is 17.4 Å². The van der Waals surface area contributed by atoms with Crippen molar-refractivity contribution in [1.29, 1.82) is 5.26 Å². The number of rotatable bonds is 4. The van der Waals surface area contributed by atoms with E-state index in [-0.39, 0.29) is 15.6 Å². The largest absolute Gasteiger partial charge is 0.272 e. The molecule has 19 heavy (non-hydrogen) atoms. The molecule has 0 spiro atoms. The first-order valence-corrected chi connectivity index (χ1v) is 7.81. The molecule has 100 valence electrons. The fourth-order valence-electron chi connectivity index (χ4n) is 1.52. The number of nitrogens with zero attached hydrogens (tertiary/aromatic N) is 3. The molecule has 0 saturated heterocycles. The Bertz CT molecular complexity index is 737. The maximum atomic E-state index is 12.1. The van der Waals surface area contributed by atoms with Crippen LogP contribution in [-0.2, 0) is 23.5 Å². The van der Waals surface area contributed by atoms with E-state index in [1.54, 1.807) is 19.2 Å². The molecular weight excluding hydrogens is 284 g/mol. The molecule has 2 aromatic rings. The second-order valence-electron chi connectivity index (χ2n) is 3.86. The summed E-state index contributed by atoms with van der Waals surface area (Å²) in [6, 6.07) is 5.24. The molecule has 8 heteroatoms. The van der Waals surface area contributed by atoms with Crippen LogP contribution in [-0.4, -0.2) is 18.2 Å². The van der Waals surface area contributed by atoms with Gasteiger partial charge in [-0.3, -0.25) is 9.40 Å². The lowest BCUT2D eigenvalue weighted by atomic mass is 10.4. The third kappa shape index (κ3) is 2.77. The Hall–Kier alpha value is -1.85. The second kappa shape index (κ2) is 5.03. The highest BCUT2D eigenvalue weighted by atomic mass is 32.2. The Kier molecular flexibility index (Phi) is 3.59. The molecule has 0 radical (unpaired) electrons. The number of nitrogens with one attached hydrogen (secondary N) is 1. The third-order valence-corrected chi connectivity index (χ3v) is 5.49. The molecule has 0 aliphatic carbocycles. The second-order valence-corrected chi connectivity index (χ2v) is 6.93. The first-order chi connectivity index (χ1) is 8.96. The van der Waals surface area contributed by atoms with Crippen LogP contribution in [0.2, 0.25) is 0 Å². The molecule has 0 aliphatic heterocycles. The van der Waals surface area contributed by atoms with Crippen molar-refractivity contribution in [3.8, 4) is 6.07 Å². The van der Waals surface area contributed by atoms with E-state index >= 15 is 0 Å². The zero-order valence-corrected chi connectivity index (χ0v) is 12.0. The van der Waals surface area contributed by atoms with Crippen molar-refractivity contribution in [1.82, 2.24) is 9.78 Å². The normalized spacial score (nSPS) is 11.2. The smallest absolute Gasteiger partial charge is 0.272 e. The summed E-state index contributed by atoms with van der Waals surface area (Å²) in [5.41, 5.74) is 0.193. The number of aromatic nitrogens is 2. The van der Waals surface area contributed by atoms with Gasteiger partial charge < -0.3 is 0 Å². The molecule has 0 amide bonds. The molecule has 0 saturated carbocycles. The maximum absolute atomic E-state index is 12.1. The van der Waals surface area contributed by atoms with Gasteiger partial charge in [0.15, 0.2) is 5.82 Å². The molecule has 0 fully saturated rings. The topological polar surface area (TPSA) is 87.8 Å². The van der Waals surface area contributed by atoms with Crippen molar-refractivity contribution < 1.29 is 8.42 Å². The molecular formula is C11H12N4O2S2. The average Bonchev–Trinajstić information content (AvgIpc) is 2.95. The summed E-state index contributed by atoms with van der Waals surface area (Å²) < 4.78 is 28.3. The van der Waals surface area contributed by atoms with Gasteiger partial charge in [0, 0.05) is 18.1 Å². The Morgan fingerprint density at radius 3 is 2.84 bits per heavy atom. The minimum Gasteiger partial charge on any atom is -0.272 e. The third-order valence-electron chi connectivity index (χ3n) is 2.43. The van der Waals surface area contributed by atoms with Gasteiger partial charge in [0.25, 0.3) is 10.0 Å². The van der Waals surface area contributed by atoms with E-state index in [1.807, 2.05) is 13.0 Å². The van der Waals surface area contributed by atoms with Crippen molar-refractivity contribution in [2.24, 2.45) is 7.05 Å². The van der Waals surface area contributed by atoms with Gasteiger partial charge in [-0.1, -0.05) is 6.92 Å². The van der Waals surface area contributed by atoms with E-state index in [0.717, 1.165) is 11.3 Å². The van der Waals surface area contributed by atoms with Crippen LogP contribution in [0.25, 0.3) is 0 Å². The van der Waals surface area contributed by atoms with Crippen molar-refractivity contribution in [3.63, 3.8) is 0 Å². The summed E-state index contributed by atoms with van der Waals surface area (Å²) in [5.74, 6) is 0.0523. The van der Waals surface area contributed by atoms with E-state index < -0.39 is 10.0 Å². The number of hydrogen-bond acceptors (Lipinski definition) is 5. The molecule has 0 aliphatic rings. The van der Waals surface area contributed by atoms with Crippen LogP contribution < -0.4 is 4.72 Å². The van der Waals surface area contributed by atoms with E-state index in [1.165, 1.54) is 22.2 Å². The lowest BCUT2D eigenvalue weighted by molar-refractivity contribution is 0.602. The molecule has 0 atom stereocenters. The quantitative estimate of drug-likeness (QED) is 0.930. The Morgan fingerprint density at radius 1 is 1.53 bits per heavy atom. The van der Waals surface area contributed by atoms with Crippen LogP contribution in [0.5, 0.6) is 0 Å². The summed E-state index contributed by atoms with van der Waals surface area (Å²) in [7, 11) is -2.06. The highest BCUT2D eigenvalue weighted by molar-refractivity contribution is 7.94. The Morgan fingerprint density at radius 2 is 2.26 bits per heavy atom. The van der Waals surface area contributed by atoms with E-state index in [4.69, 9.17) is 5.26 Å². The number of hydrogen-bond donors (Lipinski definition) is 1. The van der Waals surface area contributed by atoms with Gasteiger partial charge in [-0.15, -0.1) is 11.3 Å². The van der Waals surface area contributed by atoms with Crippen LogP contribution >= 0.6 is 11.3 Å². The van der Waals surface area contributed by atoms with Crippen LogP contribution in [0, 0.1) is 11.3 Å². The van der Waals surface area contributed by atoms with Crippen LogP contribution in [0.3, 0.4) is 0 Å². The van der Waals surface area contributed by atoms with Crippen LogP contribution in [0.15, 0.2) is 22.5 Å². The minimum atomic E-state index is -3.68. The summed E-state index contributed by atoms with van der Waals surface area (Å²) >= 11 is 1.21. The molecule has 2 rings (SSSR count). The standard InChI is InChI=1S/C11H12N4O2S2/c1-3-9-4-5-10(18-9)19(16,17)14-11-8(6-12)7-15(2)13-11/h4-5,7H,3H2,1-2H3,(H,13,14). The summed E-state index contributed by atoms with van der Waals surface area (Å²) in [5, 5.41) is 12.8. The predicted octanol–water partition coefficient (Wildman–Crippen LogP) is 1.72. The number of nitriles is 1. The minimum absolute atomic E-state index is 0.0523. The maximum Gasteiger partial charge on any atom is 0.272 e. The lowest BCUT2D eigenvalue weighted by Crippen LogP contribution is -2.12. The SMILES string of the molecule is CCc1ccc(S(=O)(=O)Nc2nn(C)cc2C#N)s1. The monoisotopic (exact) mass is 296 g/mol. The predicted molar refractivity (Wildman–Crippen MR) is 72.4 cm³/mol. The fourth-order valence-corrected chi connectivity index (χ4v) is 3.83. The van der Waals surface area contributed by atoms with Crippen molar-refractivity contribution in [2.45, 2.75) is 17.6 Å². The molecule has 2 aromatic heterocycles. The molecule has 0 unspecified atom stereocenters. The van der Waals surface area contributed by atoms with Crippen molar-refractivity contribution in [2.75, 3.05) is 4.72 Å². The first kappa shape index (κ1) is 13.6. The highest BCUT2D eigenvalue weighted by Crippen LogP contribution is 2.24. The van der Waals surface area contributed by atoms with Gasteiger partial charge >= 0.3 is 0 Å². The van der Waals surface area contributed by atoms with Gasteiger partial charge in [-0.25, -0.2) is 8.42 Å². The molecule has 2 heterocycles. The Labute approximate surface area is 115 Å². The molecule has 1 N–H and O–H groups in total. The van der Waals surface area contributed by atoms with Gasteiger partial charge in [0.05, 0.1) is 0 Å². The van der Waals surface area contributed by atoms with Gasteiger partial charge in [0.2, 0.25) is 0 Å². The van der Waals surface area contributed by atoms with Gasteiger partial charge in [-0.2, -0.15) is 10.4 Å². The zero-order chi connectivity index (χ0) is 14.0. The van der Waals surface area contributed by atoms with Crippen LogP contribution in [0.4, 0.5) is 5.82 Å². The molecule has 6 nitrogen and oxygen atoms in total. The number of anilines is 1. The fraction of sp³-hybridized carbons (Fsp3) is 0.273. The number of aryl methyl sites for hydroxylation is 2. The highest BCUT2D eigenvalue weighted by Gasteiger charge is 2.20. The summed E-state index contributed by atoms with van der Waals surface area (Å²) in [6.07, 6.45) is 2.25. The van der Waals surface area contributed by atoms with Gasteiger partial charge in [0.1, 0.15) is 15.8 Å². The molecule has 0 bridgehead atoms. The first-order valence-electron chi connectivity index (χ1n) is 5.51. The van der Waals surface area contributed by atoms with E-state index in [0.29, 0.717) is 0 Å². The number of sulfonamides is 1.